The Bertz CT molecular complexity index is 810. The van der Waals surface area contributed by atoms with Gasteiger partial charge in [-0.05, 0) is 39.0 Å². The van der Waals surface area contributed by atoms with E-state index in [9.17, 15) is 13.6 Å². The Morgan fingerprint density at radius 2 is 1.74 bits per heavy atom. The van der Waals surface area contributed by atoms with Gasteiger partial charge in [-0.1, -0.05) is 6.07 Å². The minimum Gasteiger partial charge on any atom is -0.444 e. The van der Waals surface area contributed by atoms with Crippen molar-refractivity contribution in [2.24, 2.45) is 0 Å². The Labute approximate surface area is 156 Å². The molecule has 0 spiro atoms. The molecular formula is C19H22F2N4O2. The SMILES string of the molecule is CC(C)(C)OC(=O)N1CCN(c2cc(-c3c(F)cccc3F)cnn2)CC1. The summed E-state index contributed by atoms with van der Waals surface area (Å²) in [6, 6.07) is 5.34. The highest BCUT2D eigenvalue weighted by Crippen LogP contribution is 2.27. The molecule has 0 bridgehead atoms. The van der Waals surface area contributed by atoms with Crippen LogP contribution >= 0.6 is 0 Å². The van der Waals surface area contributed by atoms with E-state index in [0.29, 0.717) is 37.6 Å². The van der Waals surface area contributed by atoms with Crippen LogP contribution in [0, 0.1) is 11.6 Å². The lowest BCUT2D eigenvalue weighted by Crippen LogP contribution is -2.50. The van der Waals surface area contributed by atoms with Crippen LogP contribution in [0.2, 0.25) is 0 Å². The molecule has 1 aromatic carbocycles. The summed E-state index contributed by atoms with van der Waals surface area (Å²) in [6.45, 7) is 7.45. The van der Waals surface area contributed by atoms with Gasteiger partial charge in [0.05, 0.1) is 11.8 Å². The number of rotatable bonds is 2. The third kappa shape index (κ3) is 4.50. The second kappa shape index (κ2) is 7.46. The average molecular weight is 376 g/mol. The monoisotopic (exact) mass is 376 g/mol. The van der Waals surface area contributed by atoms with E-state index in [4.69, 9.17) is 4.74 Å². The summed E-state index contributed by atoms with van der Waals surface area (Å²) in [5.74, 6) is -0.786. The minimum absolute atomic E-state index is 0.124. The van der Waals surface area contributed by atoms with Gasteiger partial charge in [-0.3, -0.25) is 0 Å². The Balaban J connectivity index is 1.72. The van der Waals surface area contributed by atoms with E-state index < -0.39 is 17.2 Å². The molecule has 0 atom stereocenters. The molecule has 144 valence electrons. The second-order valence-electron chi connectivity index (χ2n) is 7.35. The molecule has 6 nitrogen and oxygen atoms in total. The maximum Gasteiger partial charge on any atom is 0.410 e. The van der Waals surface area contributed by atoms with E-state index in [1.165, 1.54) is 24.4 Å². The van der Waals surface area contributed by atoms with Crippen molar-refractivity contribution in [3.63, 3.8) is 0 Å². The van der Waals surface area contributed by atoms with Gasteiger partial charge in [0.15, 0.2) is 5.82 Å². The molecule has 1 aliphatic heterocycles. The van der Waals surface area contributed by atoms with Crippen LogP contribution in [0.5, 0.6) is 0 Å². The molecule has 0 N–H and O–H groups in total. The van der Waals surface area contributed by atoms with Gasteiger partial charge >= 0.3 is 6.09 Å². The summed E-state index contributed by atoms with van der Waals surface area (Å²) >= 11 is 0. The minimum atomic E-state index is -0.649. The molecule has 0 aliphatic carbocycles. The molecule has 2 heterocycles. The summed E-state index contributed by atoms with van der Waals surface area (Å²) in [4.78, 5) is 15.7. The maximum atomic E-state index is 14.0. The number of halogens is 2. The quantitative estimate of drug-likeness (QED) is 0.803. The molecule has 0 radical (unpaired) electrons. The van der Waals surface area contributed by atoms with Crippen molar-refractivity contribution < 1.29 is 18.3 Å². The van der Waals surface area contributed by atoms with Crippen LogP contribution in [-0.2, 0) is 4.74 Å². The Morgan fingerprint density at radius 1 is 1.11 bits per heavy atom. The fraction of sp³-hybridized carbons (Fsp3) is 0.421. The summed E-state index contributed by atoms with van der Waals surface area (Å²) in [6.07, 6.45) is 0.984. The molecule has 3 rings (SSSR count). The molecular weight excluding hydrogens is 354 g/mol. The summed E-state index contributed by atoms with van der Waals surface area (Å²) in [5, 5.41) is 7.96. The van der Waals surface area contributed by atoms with Crippen molar-refractivity contribution in [2.75, 3.05) is 31.1 Å². The molecule has 1 amide bonds. The normalized spacial score (nSPS) is 15.0. The largest absolute Gasteiger partial charge is 0.444 e. The summed E-state index contributed by atoms with van der Waals surface area (Å²) in [7, 11) is 0. The Morgan fingerprint density at radius 3 is 2.33 bits per heavy atom. The molecule has 1 aliphatic rings. The van der Waals surface area contributed by atoms with Crippen molar-refractivity contribution in [1.82, 2.24) is 15.1 Å². The van der Waals surface area contributed by atoms with Crippen LogP contribution in [0.25, 0.3) is 11.1 Å². The van der Waals surface area contributed by atoms with E-state index in [1.54, 1.807) is 11.0 Å². The number of ether oxygens (including phenoxy) is 1. The zero-order valence-corrected chi connectivity index (χ0v) is 15.6. The topological polar surface area (TPSA) is 58.6 Å². The molecule has 1 fully saturated rings. The van der Waals surface area contributed by atoms with Gasteiger partial charge in [-0.25, -0.2) is 13.6 Å². The number of hydrogen-bond acceptors (Lipinski definition) is 5. The number of amides is 1. The van der Waals surface area contributed by atoms with Gasteiger partial charge in [0.25, 0.3) is 0 Å². The Hall–Kier alpha value is -2.77. The highest BCUT2D eigenvalue weighted by atomic mass is 19.1. The lowest BCUT2D eigenvalue weighted by molar-refractivity contribution is 0.0240. The number of piperazine rings is 1. The second-order valence-corrected chi connectivity index (χ2v) is 7.35. The molecule has 0 unspecified atom stereocenters. The van der Waals surface area contributed by atoms with E-state index in [1.807, 2.05) is 25.7 Å². The number of nitrogens with zero attached hydrogens (tertiary/aromatic N) is 4. The van der Waals surface area contributed by atoms with E-state index >= 15 is 0 Å². The lowest BCUT2D eigenvalue weighted by Gasteiger charge is -2.36. The number of carbonyl (C=O) groups excluding carboxylic acids is 1. The van der Waals surface area contributed by atoms with Crippen LogP contribution in [0.1, 0.15) is 20.8 Å². The summed E-state index contributed by atoms with van der Waals surface area (Å²) in [5.41, 5.74) is -0.344. The third-order valence-electron chi connectivity index (χ3n) is 4.15. The third-order valence-corrected chi connectivity index (χ3v) is 4.15. The number of anilines is 1. The zero-order chi connectivity index (χ0) is 19.6. The predicted octanol–water partition coefficient (Wildman–Crippen LogP) is 3.48. The van der Waals surface area contributed by atoms with Gasteiger partial charge in [0.2, 0.25) is 0 Å². The van der Waals surface area contributed by atoms with Crippen molar-refractivity contribution in [1.29, 1.82) is 0 Å². The smallest absolute Gasteiger partial charge is 0.410 e. The van der Waals surface area contributed by atoms with E-state index in [-0.39, 0.29) is 11.7 Å². The molecule has 8 heteroatoms. The van der Waals surface area contributed by atoms with Gasteiger partial charge in [0, 0.05) is 31.7 Å². The van der Waals surface area contributed by atoms with Crippen molar-refractivity contribution in [3.05, 3.63) is 42.1 Å². The van der Waals surface area contributed by atoms with Crippen LogP contribution < -0.4 is 4.90 Å². The van der Waals surface area contributed by atoms with Crippen molar-refractivity contribution in [3.8, 4) is 11.1 Å². The van der Waals surface area contributed by atoms with Crippen LogP contribution in [0.15, 0.2) is 30.5 Å². The van der Waals surface area contributed by atoms with Crippen LogP contribution in [0.3, 0.4) is 0 Å². The first kappa shape index (κ1) is 19.0. The van der Waals surface area contributed by atoms with Gasteiger partial charge in [0.1, 0.15) is 17.2 Å². The van der Waals surface area contributed by atoms with Crippen LogP contribution in [-0.4, -0.2) is 53.0 Å². The van der Waals surface area contributed by atoms with Gasteiger partial charge < -0.3 is 14.5 Å². The number of benzene rings is 1. The van der Waals surface area contributed by atoms with Crippen molar-refractivity contribution >= 4 is 11.9 Å². The molecule has 27 heavy (non-hydrogen) atoms. The van der Waals surface area contributed by atoms with Crippen molar-refractivity contribution in [2.45, 2.75) is 26.4 Å². The first-order valence-electron chi connectivity index (χ1n) is 8.74. The number of carbonyl (C=O) groups is 1. The predicted molar refractivity (Wildman–Crippen MR) is 97.4 cm³/mol. The average Bonchev–Trinajstić information content (AvgIpc) is 2.60. The molecule has 2 aromatic rings. The number of hydrogen-bond donors (Lipinski definition) is 0. The molecule has 0 saturated carbocycles. The maximum absolute atomic E-state index is 14.0. The lowest BCUT2D eigenvalue weighted by atomic mass is 10.1. The molecule has 1 aromatic heterocycles. The first-order valence-corrected chi connectivity index (χ1v) is 8.74. The highest BCUT2D eigenvalue weighted by molar-refractivity contribution is 5.69. The molecule has 1 saturated heterocycles. The fourth-order valence-electron chi connectivity index (χ4n) is 2.86. The van der Waals surface area contributed by atoms with E-state index in [0.717, 1.165) is 0 Å². The number of aromatic nitrogens is 2. The highest BCUT2D eigenvalue weighted by Gasteiger charge is 2.26. The van der Waals surface area contributed by atoms with Gasteiger partial charge in [-0.2, -0.15) is 5.10 Å². The fourth-order valence-corrected chi connectivity index (χ4v) is 2.86. The van der Waals surface area contributed by atoms with E-state index in [2.05, 4.69) is 10.2 Å². The zero-order valence-electron chi connectivity index (χ0n) is 15.6. The first-order chi connectivity index (χ1) is 12.7. The Kier molecular flexibility index (Phi) is 5.25. The van der Waals surface area contributed by atoms with Crippen LogP contribution in [0.4, 0.5) is 19.4 Å². The standard InChI is InChI=1S/C19H22F2N4O2/c1-19(2,3)27-18(26)25-9-7-24(8-10-25)16-11-13(12-22-23-16)17-14(20)5-4-6-15(17)21/h4-6,11-12H,7-10H2,1-3H3. The summed E-state index contributed by atoms with van der Waals surface area (Å²) < 4.78 is 33.4. The van der Waals surface area contributed by atoms with Gasteiger partial charge in [-0.15, -0.1) is 5.10 Å².